The SMILES string of the molecule is C#CCCC1(CCC(=O)NC[C@H]2CCC(=O)N(C3CC3)[C@@H]2c2nccn2C)N=N1. The molecule has 3 aliphatic rings. The van der Waals surface area contributed by atoms with Crippen LogP contribution < -0.4 is 5.32 Å². The Morgan fingerprint density at radius 1 is 1.34 bits per heavy atom. The van der Waals surface area contributed by atoms with Crippen LogP contribution in [0.1, 0.15) is 63.2 Å². The molecule has 1 aromatic heterocycles. The third kappa shape index (κ3) is 4.34. The van der Waals surface area contributed by atoms with Gasteiger partial charge in [-0.05, 0) is 19.3 Å². The molecule has 3 heterocycles. The summed E-state index contributed by atoms with van der Waals surface area (Å²) < 4.78 is 1.98. The van der Waals surface area contributed by atoms with Crippen molar-refractivity contribution in [2.75, 3.05) is 6.54 Å². The van der Waals surface area contributed by atoms with Gasteiger partial charge in [-0.1, -0.05) is 0 Å². The molecule has 0 aromatic carbocycles. The first-order chi connectivity index (χ1) is 14.0. The lowest BCUT2D eigenvalue weighted by molar-refractivity contribution is -0.140. The van der Waals surface area contributed by atoms with Crippen molar-refractivity contribution in [3.05, 3.63) is 18.2 Å². The van der Waals surface area contributed by atoms with Crippen LogP contribution in [0.4, 0.5) is 0 Å². The van der Waals surface area contributed by atoms with Crippen molar-refractivity contribution in [3.8, 4) is 12.3 Å². The summed E-state index contributed by atoms with van der Waals surface area (Å²) in [6.45, 7) is 0.540. The van der Waals surface area contributed by atoms with E-state index in [-0.39, 0.29) is 23.8 Å². The first-order valence-electron chi connectivity index (χ1n) is 10.5. The van der Waals surface area contributed by atoms with E-state index in [0.29, 0.717) is 44.7 Å². The van der Waals surface area contributed by atoms with Gasteiger partial charge in [0.2, 0.25) is 11.8 Å². The summed E-state index contributed by atoms with van der Waals surface area (Å²) in [5, 5.41) is 11.3. The van der Waals surface area contributed by atoms with Crippen LogP contribution in [0.15, 0.2) is 22.6 Å². The molecule has 4 rings (SSSR count). The highest BCUT2D eigenvalue weighted by Gasteiger charge is 2.45. The number of likely N-dealkylation sites (tertiary alicyclic amines) is 1. The lowest BCUT2D eigenvalue weighted by Crippen LogP contribution is -2.48. The number of carbonyl (C=O) groups is 2. The van der Waals surface area contributed by atoms with Crippen LogP contribution in [0.5, 0.6) is 0 Å². The second kappa shape index (κ2) is 7.97. The lowest BCUT2D eigenvalue weighted by atomic mass is 9.87. The fraction of sp³-hybridized carbons (Fsp3) is 0.667. The van der Waals surface area contributed by atoms with Crippen LogP contribution in [0.2, 0.25) is 0 Å². The fourth-order valence-electron chi connectivity index (χ4n) is 4.29. The molecule has 154 valence electrons. The first-order valence-corrected chi connectivity index (χ1v) is 10.5. The highest BCUT2D eigenvalue weighted by atomic mass is 16.2. The normalized spacial score (nSPS) is 25.0. The van der Waals surface area contributed by atoms with Crippen molar-refractivity contribution in [2.24, 2.45) is 23.2 Å². The Bertz CT molecular complexity index is 844. The maximum Gasteiger partial charge on any atom is 0.223 e. The number of nitrogens with zero attached hydrogens (tertiary/aromatic N) is 5. The van der Waals surface area contributed by atoms with Gasteiger partial charge in [-0.3, -0.25) is 9.59 Å². The van der Waals surface area contributed by atoms with Gasteiger partial charge >= 0.3 is 0 Å². The lowest BCUT2D eigenvalue weighted by Gasteiger charge is -2.41. The van der Waals surface area contributed by atoms with Crippen LogP contribution in [-0.2, 0) is 16.6 Å². The molecule has 29 heavy (non-hydrogen) atoms. The number of piperidine rings is 1. The van der Waals surface area contributed by atoms with Gasteiger partial charge in [-0.15, -0.1) is 12.3 Å². The summed E-state index contributed by atoms with van der Waals surface area (Å²) >= 11 is 0. The second-order valence-corrected chi connectivity index (χ2v) is 8.36. The van der Waals surface area contributed by atoms with E-state index in [0.717, 1.165) is 25.1 Å². The molecule has 1 saturated carbocycles. The van der Waals surface area contributed by atoms with Crippen molar-refractivity contribution in [1.29, 1.82) is 0 Å². The highest BCUT2D eigenvalue weighted by Crippen LogP contribution is 2.43. The van der Waals surface area contributed by atoms with Gasteiger partial charge in [0, 0.05) is 70.0 Å². The molecule has 8 heteroatoms. The standard InChI is InChI=1S/C21H28N6O2/c1-3-4-10-21(24-25-21)11-9-17(28)23-14-15-5-8-18(29)27(16-6-7-16)19(15)20-22-12-13-26(20)2/h1,12-13,15-16,19H,4-11,14H2,2H3,(H,23,28)/t15-,19+/m1/s1. The fourth-order valence-corrected chi connectivity index (χ4v) is 4.29. The summed E-state index contributed by atoms with van der Waals surface area (Å²) in [5.74, 6) is 3.86. The largest absolute Gasteiger partial charge is 0.356 e. The van der Waals surface area contributed by atoms with E-state index in [1.165, 1.54) is 0 Å². The number of aryl methyl sites for hydroxylation is 1. The van der Waals surface area contributed by atoms with Crippen molar-refractivity contribution in [1.82, 2.24) is 19.8 Å². The first kappa shape index (κ1) is 19.6. The molecule has 1 aromatic rings. The molecular formula is C21H28N6O2. The van der Waals surface area contributed by atoms with E-state index in [1.807, 2.05) is 22.7 Å². The van der Waals surface area contributed by atoms with E-state index >= 15 is 0 Å². The third-order valence-corrected chi connectivity index (χ3v) is 6.19. The van der Waals surface area contributed by atoms with Gasteiger partial charge in [0.05, 0.1) is 6.04 Å². The molecule has 2 fully saturated rings. The van der Waals surface area contributed by atoms with Crippen molar-refractivity contribution in [2.45, 2.75) is 69.1 Å². The van der Waals surface area contributed by atoms with Gasteiger partial charge in [-0.25, -0.2) is 4.98 Å². The smallest absolute Gasteiger partial charge is 0.223 e. The third-order valence-electron chi connectivity index (χ3n) is 6.19. The van der Waals surface area contributed by atoms with E-state index in [1.54, 1.807) is 6.20 Å². The Balaban J connectivity index is 1.36. The van der Waals surface area contributed by atoms with Crippen LogP contribution in [-0.4, -0.2) is 44.5 Å². The Kier molecular flexibility index (Phi) is 5.39. The van der Waals surface area contributed by atoms with Gasteiger partial charge in [0.25, 0.3) is 0 Å². The molecule has 2 amide bonds. The van der Waals surface area contributed by atoms with E-state index in [2.05, 4.69) is 26.4 Å². The number of imidazole rings is 1. The van der Waals surface area contributed by atoms with Gasteiger partial charge in [0.15, 0.2) is 5.66 Å². The zero-order valence-electron chi connectivity index (χ0n) is 16.9. The molecule has 0 spiro atoms. The van der Waals surface area contributed by atoms with E-state index in [4.69, 9.17) is 6.42 Å². The summed E-state index contributed by atoms with van der Waals surface area (Å²) in [4.78, 5) is 31.7. The summed E-state index contributed by atoms with van der Waals surface area (Å²) in [5.41, 5.74) is -0.431. The van der Waals surface area contributed by atoms with E-state index < -0.39 is 5.66 Å². The summed E-state index contributed by atoms with van der Waals surface area (Å²) in [6, 6.07) is 0.233. The van der Waals surface area contributed by atoms with Gasteiger partial charge in [0.1, 0.15) is 5.82 Å². The quantitative estimate of drug-likeness (QED) is 0.650. The van der Waals surface area contributed by atoms with Crippen LogP contribution in [0, 0.1) is 18.3 Å². The highest BCUT2D eigenvalue weighted by molar-refractivity contribution is 5.78. The average Bonchev–Trinajstić information content (AvgIpc) is 3.64. The topological polar surface area (TPSA) is 92.0 Å². The number of terminal acetylenes is 1. The molecule has 2 atom stereocenters. The molecule has 0 radical (unpaired) electrons. The second-order valence-electron chi connectivity index (χ2n) is 8.36. The number of hydrogen-bond donors (Lipinski definition) is 1. The number of aromatic nitrogens is 2. The summed E-state index contributed by atoms with van der Waals surface area (Å²) in [7, 11) is 1.96. The zero-order valence-corrected chi connectivity index (χ0v) is 16.9. The maximum atomic E-state index is 12.6. The van der Waals surface area contributed by atoms with Crippen molar-refractivity contribution >= 4 is 11.8 Å². The Hall–Kier alpha value is -2.69. The Morgan fingerprint density at radius 2 is 2.14 bits per heavy atom. The van der Waals surface area contributed by atoms with Crippen molar-refractivity contribution < 1.29 is 9.59 Å². The van der Waals surface area contributed by atoms with Crippen LogP contribution in [0.3, 0.4) is 0 Å². The van der Waals surface area contributed by atoms with Crippen LogP contribution in [0.25, 0.3) is 0 Å². The molecule has 8 nitrogen and oxygen atoms in total. The monoisotopic (exact) mass is 396 g/mol. The summed E-state index contributed by atoms with van der Waals surface area (Å²) in [6.07, 6.45) is 14.7. The molecule has 0 unspecified atom stereocenters. The minimum absolute atomic E-state index is 0.00385. The predicted octanol–water partition coefficient (Wildman–Crippen LogP) is 2.33. The number of nitrogens with one attached hydrogen (secondary N) is 1. The zero-order chi connectivity index (χ0) is 20.4. The number of rotatable bonds is 9. The Morgan fingerprint density at radius 3 is 2.76 bits per heavy atom. The Labute approximate surface area is 171 Å². The predicted molar refractivity (Wildman–Crippen MR) is 106 cm³/mol. The van der Waals surface area contributed by atoms with Gasteiger partial charge < -0.3 is 14.8 Å². The molecule has 1 N–H and O–H groups in total. The number of amides is 2. The molecule has 1 saturated heterocycles. The number of hydrogen-bond acceptors (Lipinski definition) is 5. The maximum absolute atomic E-state index is 12.6. The van der Waals surface area contributed by atoms with Gasteiger partial charge in [-0.2, -0.15) is 10.2 Å². The van der Waals surface area contributed by atoms with Crippen molar-refractivity contribution in [3.63, 3.8) is 0 Å². The molecular weight excluding hydrogens is 368 g/mol. The molecule has 1 aliphatic carbocycles. The van der Waals surface area contributed by atoms with Crippen LogP contribution >= 0.6 is 0 Å². The average molecular weight is 396 g/mol. The minimum atomic E-state index is -0.431. The molecule has 2 aliphatic heterocycles. The molecule has 0 bridgehead atoms. The number of carbonyl (C=O) groups excluding carboxylic acids is 2. The van der Waals surface area contributed by atoms with E-state index in [9.17, 15) is 9.59 Å². The minimum Gasteiger partial charge on any atom is -0.356 e.